The fourth-order valence-corrected chi connectivity index (χ4v) is 2.32. The minimum Gasteiger partial charge on any atom is -0.360 e. The Morgan fingerprint density at radius 1 is 0.923 bits per heavy atom. The molecule has 0 aliphatic rings. The van der Waals surface area contributed by atoms with Crippen LogP contribution in [0.25, 0.3) is 11.3 Å². The zero-order valence-corrected chi connectivity index (χ0v) is 13.0. The van der Waals surface area contributed by atoms with E-state index in [-0.39, 0.29) is 17.0 Å². The van der Waals surface area contributed by atoms with E-state index in [0.717, 1.165) is 0 Å². The number of nitrogens with one attached hydrogen (secondary N) is 1. The van der Waals surface area contributed by atoms with Crippen molar-refractivity contribution in [2.24, 2.45) is 0 Å². The molecule has 1 amide bonds. The topological polar surface area (TPSA) is 55.1 Å². The maximum atomic E-state index is 13.8. The van der Waals surface area contributed by atoms with Crippen LogP contribution in [-0.2, 0) is 0 Å². The van der Waals surface area contributed by atoms with Gasteiger partial charge in [-0.1, -0.05) is 35.5 Å². The van der Waals surface area contributed by atoms with Crippen molar-refractivity contribution < 1.29 is 31.3 Å². The van der Waals surface area contributed by atoms with E-state index in [2.05, 4.69) is 5.16 Å². The Bertz CT molecular complexity index is 973. The van der Waals surface area contributed by atoms with Crippen molar-refractivity contribution in [2.75, 3.05) is 5.32 Å². The maximum absolute atomic E-state index is 13.8. The normalized spacial score (nSPS) is 10.8. The molecule has 1 heterocycles. The van der Waals surface area contributed by atoms with Gasteiger partial charge >= 0.3 is 0 Å². The predicted molar refractivity (Wildman–Crippen MR) is 80.9 cm³/mol. The number of amides is 1. The highest BCUT2D eigenvalue weighted by molar-refractivity contribution is 6.08. The minimum atomic E-state index is -2.32. The van der Waals surface area contributed by atoms with Gasteiger partial charge in [0.1, 0.15) is 22.7 Å². The molecule has 3 aromatic rings. The van der Waals surface area contributed by atoms with Crippen LogP contribution < -0.4 is 5.32 Å². The van der Waals surface area contributed by atoms with Gasteiger partial charge in [0, 0.05) is 5.56 Å². The van der Waals surface area contributed by atoms with Gasteiger partial charge in [0.05, 0.1) is 0 Å². The first-order valence-corrected chi connectivity index (χ1v) is 7.17. The third-order valence-corrected chi connectivity index (χ3v) is 3.59. The monoisotopic (exact) mass is 368 g/mol. The van der Waals surface area contributed by atoms with Gasteiger partial charge in [-0.15, -0.1) is 0 Å². The lowest BCUT2D eigenvalue weighted by Gasteiger charge is -2.10. The van der Waals surface area contributed by atoms with Gasteiger partial charge in [0.25, 0.3) is 5.91 Å². The summed E-state index contributed by atoms with van der Waals surface area (Å²) in [6.45, 7) is 1.37. The van der Waals surface area contributed by atoms with E-state index in [0.29, 0.717) is 5.56 Å². The number of halogens is 5. The summed E-state index contributed by atoms with van der Waals surface area (Å²) in [5.41, 5.74) is -1.12. The van der Waals surface area contributed by atoms with Gasteiger partial charge in [-0.25, -0.2) is 22.0 Å². The number of hydrogen-bond donors (Lipinski definition) is 1. The number of nitrogens with zero attached hydrogens (tertiary/aromatic N) is 1. The lowest BCUT2D eigenvalue weighted by molar-refractivity contribution is 0.102. The van der Waals surface area contributed by atoms with E-state index < -0.39 is 40.7 Å². The Morgan fingerprint density at radius 2 is 1.46 bits per heavy atom. The summed E-state index contributed by atoms with van der Waals surface area (Å²) in [6.07, 6.45) is 0. The summed E-state index contributed by atoms with van der Waals surface area (Å²) in [5, 5.41) is 5.42. The van der Waals surface area contributed by atoms with Crippen LogP contribution in [0.2, 0.25) is 0 Å². The number of benzene rings is 2. The molecule has 0 unspecified atom stereocenters. The zero-order chi connectivity index (χ0) is 19.0. The molecule has 134 valence electrons. The van der Waals surface area contributed by atoms with Gasteiger partial charge in [-0.05, 0) is 6.92 Å². The molecule has 0 atom stereocenters. The second kappa shape index (κ2) is 6.58. The number of carbonyl (C=O) groups excluding carboxylic acids is 1. The highest BCUT2D eigenvalue weighted by Gasteiger charge is 2.29. The average Bonchev–Trinajstić information content (AvgIpc) is 3.04. The minimum absolute atomic E-state index is 0.00484. The van der Waals surface area contributed by atoms with Crippen LogP contribution in [0.5, 0.6) is 0 Å². The van der Waals surface area contributed by atoms with Crippen LogP contribution in [-0.4, -0.2) is 11.1 Å². The molecule has 0 saturated heterocycles. The van der Waals surface area contributed by atoms with Crippen molar-refractivity contribution in [1.29, 1.82) is 0 Å². The number of carbonyl (C=O) groups is 1. The Kier molecular flexibility index (Phi) is 4.45. The number of hydrogen-bond acceptors (Lipinski definition) is 3. The van der Waals surface area contributed by atoms with Crippen molar-refractivity contribution in [3.05, 3.63) is 70.7 Å². The molecule has 0 saturated carbocycles. The molecule has 1 N–H and O–H groups in total. The first-order valence-electron chi connectivity index (χ1n) is 7.17. The first-order chi connectivity index (χ1) is 12.3. The highest BCUT2D eigenvalue weighted by Crippen LogP contribution is 2.30. The molecule has 0 fully saturated rings. The van der Waals surface area contributed by atoms with Gasteiger partial charge in [-0.3, -0.25) is 4.79 Å². The van der Waals surface area contributed by atoms with E-state index in [4.69, 9.17) is 4.52 Å². The molecule has 2 aromatic carbocycles. The molecule has 0 spiro atoms. The summed E-state index contributed by atoms with van der Waals surface area (Å²) < 4.78 is 72.1. The van der Waals surface area contributed by atoms with Gasteiger partial charge in [0.15, 0.2) is 23.3 Å². The quantitative estimate of drug-likeness (QED) is 0.418. The second-order valence-corrected chi connectivity index (χ2v) is 5.23. The summed E-state index contributed by atoms with van der Waals surface area (Å²) in [6, 6.07) is 8.24. The molecule has 1 aromatic heterocycles. The van der Waals surface area contributed by atoms with Gasteiger partial charge < -0.3 is 9.84 Å². The number of anilines is 1. The predicted octanol–water partition coefficient (Wildman–Crippen LogP) is 4.60. The van der Waals surface area contributed by atoms with E-state index in [1.165, 1.54) is 6.92 Å². The summed E-state index contributed by atoms with van der Waals surface area (Å²) in [4.78, 5) is 12.4. The molecular formula is C17H9F5N2O2. The van der Waals surface area contributed by atoms with Crippen LogP contribution in [0, 0.1) is 36.0 Å². The third kappa shape index (κ3) is 2.81. The molecule has 9 heteroatoms. The standard InChI is InChI=1S/C17H9F5N2O2/c1-7-9(15(24-26-7)8-5-3-2-4-6-8)17(25)23-16-13(21)11(19)10(18)12(20)14(16)22/h2-6H,1H3,(H,23,25). The lowest BCUT2D eigenvalue weighted by atomic mass is 10.1. The lowest BCUT2D eigenvalue weighted by Crippen LogP contribution is -2.18. The van der Waals surface area contributed by atoms with Crippen molar-refractivity contribution in [1.82, 2.24) is 5.16 Å². The van der Waals surface area contributed by atoms with Crippen LogP contribution in [0.4, 0.5) is 27.6 Å². The summed E-state index contributed by atoms with van der Waals surface area (Å²) in [5.74, 6) is -12.1. The van der Waals surface area contributed by atoms with Crippen LogP contribution in [0.1, 0.15) is 16.1 Å². The second-order valence-electron chi connectivity index (χ2n) is 5.23. The van der Waals surface area contributed by atoms with E-state index in [9.17, 15) is 26.7 Å². The highest BCUT2D eigenvalue weighted by atomic mass is 19.2. The van der Waals surface area contributed by atoms with Crippen molar-refractivity contribution in [2.45, 2.75) is 6.92 Å². The Labute approximate surface area is 143 Å². The van der Waals surface area contributed by atoms with E-state index >= 15 is 0 Å². The van der Waals surface area contributed by atoms with E-state index in [1.54, 1.807) is 35.6 Å². The number of aromatic nitrogens is 1. The molecular weight excluding hydrogens is 359 g/mol. The number of aryl methyl sites for hydroxylation is 1. The Balaban J connectivity index is 2.05. The van der Waals surface area contributed by atoms with Crippen LogP contribution >= 0.6 is 0 Å². The smallest absolute Gasteiger partial charge is 0.261 e. The first kappa shape index (κ1) is 17.6. The fraction of sp³-hybridized carbons (Fsp3) is 0.0588. The molecule has 4 nitrogen and oxygen atoms in total. The third-order valence-electron chi connectivity index (χ3n) is 3.59. The van der Waals surface area contributed by atoms with Crippen molar-refractivity contribution >= 4 is 11.6 Å². The molecule has 0 aliphatic carbocycles. The molecule has 0 radical (unpaired) electrons. The molecule has 26 heavy (non-hydrogen) atoms. The summed E-state index contributed by atoms with van der Waals surface area (Å²) >= 11 is 0. The Morgan fingerprint density at radius 3 is 2.04 bits per heavy atom. The largest absolute Gasteiger partial charge is 0.360 e. The van der Waals surface area contributed by atoms with Crippen molar-refractivity contribution in [3.63, 3.8) is 0 Å². The molecule has 0 aliphatic heterocycles. The van der Waals surface area contributed by atoms with Crippen LogP contribution in [0.3, 0.4) is 0 Å². The zero-order valence-electron chi connectivity index (χ0n) is 13.0. The Hall–Kier alpha value is -3.23. The van der Waals surface area contributed by atoms with Crippen molar-refractivity contribution in [3.8, 4) is 11.3 Å². The summed E-state index contributed by atoms with van der Waals surface area (Å²) in [7, 11) is 0. The maximum Gasteiger partial charge on any atom is 0.261 e. The number of rotatable bonds is 3. The fourth-order valence-electron chi connectivity index (χ4n) is 2.32. The molecule has 3 rings (SSSR count). The average molecular weight is 368 g/mol. The van der Waals surface area contributed by atoms with Crippen LogP contribution in [0.15, 0.2) is 34.9 Å². The van der Waals surface area contributed by atoms with Gasteiger partial charge in [-0.2, -0.15) is 0 Å². The molecule has 0 bridgehead atoms. The van der Waals surface area contributed by atoms with Gasteiger partial charge in [0.2, 0.25) is 5.82 Å². The SMILES string of the molecule is Cc1onc(-c2ccccc2)c1C(=O)Nc1c(F)c(F)c(F)c(F)c1F. The van der Waals surface area contributed by atoms with E-state index in [1.807, 2.05) is 0 Å².